The van der Waals surface area contributed by atoms with E-state index >= 15 is 0 Å². The molecule has 0 saturated carbocycles. The number of aromatic nitrogens is 4. The van der Waals surface area contributed by atoms with E-state index in [9.17, 15) is 5.11 Å². The second-order valence-corrected chi connectivity index (χ2v) is 8.83. The number of aryl methyl sites for hydroxylation is 1. The van der Waals surface area contributed by atoms with E-state index in [2.05, 4.69) is 22.4 Å². The lowest BCUT2D eigenvalue weighted by atomic mass is 10.0. The van der Waals surface area contributed by atoms with Crippen molar-refractivity contribution < 1.29 is 5.11 Å². The first-order valence-electron chi connectivity index (χ1n) is 11.2. The van der Waals surface area contributed by atoms with Crippen molar-refractivity contribution in [2.45, 2.75) is 110 Å². The van der Waals surface area contributed by atoms with Crippen molar-refractivity contribution >= 4 is 11.8 Å². The van der Waals surface area contributed by atoms with E-state index in [0.29, 0.717) is 0 Å². The Morgan fingerprint density at radius 1 is 0.852 bits per heavy atom. The van der Waals surface area contributed by atoms with Crippen LogP contribution in [0.2, 0.25) is 0 Å². The van der Waals surface area contributed by atoms with E-state index in [4.69, 9.17) is 0 Å². The molecule has 1 aromatic heterocycles. The Hall–Kier alpha value is -0.620. The lowest BCUT2D eigenvalue weighted by molar-refractivity contribution is 0.228. The van der Waals surface area contributed by atoms with Gasteiger partial charge in [-0.1, -0.05) is 90.4 Å². The molecular weight excluding hydrogens is 356 g/mol. The molecule has 0 radical (unpaired) electrons. The minimum absolute atomic E-state index is 0.00311. The Morgan fingerprint density at radius 2 is 1.37 bits per heavy atom. The molecule has 0 saturated heterocycles. The molecule has 0 spiro atoms. The second-order valence-electron chi connectivity index (χ2n) is 7.68. The van der Waals surface area contributed by atoms with Gasteiger partial charge in [0, 0.05) is 5.75 Å². The van der Waals surface area contributed by atoms with Crippen molar-refractivity contribution in [3.8, 4) is 0 Å². The average molecular weight is 399 g/mol. The predicted molar refractivity (Wildman–Crippen MR) is 116 cm³/mol. The Bertz CT molecular complexity index is 442. The first kappa shape index (κ1) is 24.4. The Morgan fingerprint density at radius 3 is 1.81 bits per heavy atom. The predicted octanol–water partition coefficient (Wildman–Crippen LogP) is 5.73. The number of unbranched alkanes of at least 4 members (excludes halogenated alkanes) is 13. The van der Waals surface area contributed by atoms with Gasteiger partial charge in [-0.25, -0.2) is 4.68 Å². The third-order valence-corrected chi connectivity index (χ3v) is 6.36. The van der Waals surface area contributed by atoms with Crippen LogP contribution in [0.25, 0.3) is 0 Å². The molecule has 0 aliphatic carbocycles. The van der Waals surface area contributed by atoms with Gasteiger partial charge in [0.2, 0.25) is 0 Å². The normalized spacial score (nSPS) is 12.6. The topological polar surface area (TPSA) is 63.8 Å². The van der Waals surface area contributed by atoms with Crippen LogP contribution in [0.4, 0.5) is 0 Å². The summed E-state index contributed by atoms with van der Waals surface area (Å²) in [5, 5.41) is 21.0. The first-order chi connectivity index (χ1) is 13.3. The molecule has 0 aliphatic rings. The average Bonchev–Trinajstić information content (AvgIpc) is 3.10. The second kappa shape index (κ2) is 17.5. The molecule has 0 fully saturated rings. The molecule has 6 heteroatoms. The number of hydrogen-bond donors (Lipinski definition) is 1. The molecule has 5 nitrogen and oxygen atoms in total. The van der Waals surface area contributed by atoms with E-state index in [-0.39, 0.29) is 12.6 Å². The maximum Gasteiger partial charge on any atom is 0.148 e. The van der Waals surface area contributed by atoms with Crippen LogP contribution in [0.15, 0.2) is 0 Å². The minimum atomic E-state index is -0.00311. The number of aliphatic hydroxyl groups excluding tert-OH is 1. The molecule has 0 amide bonds. The molecule has 1 unspecified atom stereocenters. The van der Waals surface area contributed by atoms with Crippen molar-refractivity contribution in [3.05, 3.63) is 5.82 Å². The first-order valence-corrected chi connectivity index (χ1v) is 12.4. The fourth-order valence-electron chi connectivity index (χ4n) is 3.39. The SMILES string of the molecule is CCCCCCCCCCCCCCCCSCC(CO)n1nnnc1C. The molecule has 1 heterocycles. The van der Waals surface area contributed by atoms with E-state index in [0.717, 1.165) is 17.3 Å². The van der Waals surface area contributed by atoms with Crippen LogP contribution in [-0.4, -0.2) is 43.4 Å². The highest BCUT2D eigenvalue weighted by atomic mass is 32.2. The maximum absolute atomic E-state index is 9.52. The molecule has 158 valence electrons. The molecule has 1 N–H and O–H groups in total. The smallest absolute Gasteiger partial charge is 0.148 e. The quantitative estimate of drug-likeness (QED) is 0.301. The summed E-state index contributed by atoms with van der Waals surface area (Å²) in [6.45, 7) is 4.25. The molecule has 27 heavy (non-hydrogen) atoms. The summed E-state index contributed by atoms with van der Waals surface area (Å²) >= 11 is 1.90. The monoisotopic (exact) mass is 398 g/mol. The maximum atomic E-state index is 9.52. The molecule has 1 aromatic rings. The Labute approximate surface area is 171 Å². The fraction of sp³-hybridized carbons (Fsp3) is 0.952. The van der Waals surface area contributed by atoms with Gasteiger partial charge in [-0.2, -0.15) is 11.8 Å². The van der Waals surface area contributed by atoms with Crippen LogP contribution in [0.5, 0.6) is 0 Å². The summed E-state index contributed by atoms with van der Waals surface area (Å²) in [4.78, 5) is 0. The van der Waals surface area contributed by atoms with Crippen molar-refractivity contribution in [1.82, 2.24) is 20.2 Å². The Kier molecular flexibility index (Phi) is 15.8. The van der Waals surface area contributed by atoms with Crippen molar-refractivity contribution in [3.63, 3.8) is 0 Å². The number of tetrazole rings is 1. The largest absolute Gasteiger partial charge is 0.394 e. The zero-order chi connectivity index (χ0) is 19.6. The van der Waals surface area contributed by atoms with Crippen LogP contribution in [0.1, 0.15) is 109 Å². The van der Waals surface area contributed by atoms with E-state index in [1.165, 1.54) is 89.9 Å². The van der Waals surface area contributed by atoms with Crippen LogP contribution in [0, 0.1) is 6.92 Å². The highest BCUT2D eigenvalue weighted by Crippen LogP contribution is 2.17. The highest BCUT2D eigenvalue weighted by Gasteiger charge is 2.13. The van der Waals surface area contributed by atoms with Crippen molar-refractivity contribution in [2.75, 3.05) is 18.1 Å². The summed E-state index contributed by atoms with van der Waals surface area (Å²) in [5.74, 6) is 2.81. The lowest BCUT2D eigenvalue weighted by Gasteiger charge is -2.14. The number of thioether (sulfide) groups is 1. The zero-order valence-electron chi connectivity index (χ0n) is 17.7. The molecule has 1 rings (SSSR count). The molecule has 1 atom stereocenters. The third kappa shape index (κ3) is 12.5. The van der Waals surface area contributed by atoms with Gasteiger partial charge in [-0.05, 0) is 29.5 Å². The summed E-state index contributed by atoms with van der Waals surface area (Å²) in [6, 6.07) is -0.00311. The van der Waals surface area contributed by atoms with Crippen LogP contribution >= 0.6 is 11.8 Å². The van der Waals surface area contributed by atoms with Crippen LogP contribution < -0.4 is 0 Å². The Balaban J connectivity index is 1.82. The molecule has 0 aromatic carbocycles. The molecular formula is C21H42N4OS. The zero-order valence-corrected chi connectivity index (χ0v) is 18.6. The number of nitrogens with zero attached hydrogens (tertiary/aromatic N) is 4. The molecule has 0 bridgehead atoms. The van der Waals surface area contributed by atoms with Gasteiger partial charge >= 0.3 is 0 Å². The summed E-state index contributed by atoms with van der Waals surface area (Å²) in [7, 11) is 0. The van der Waals surface area contributed by atoms with Crippen molar-refractivity contribution in [2.24, 2.45) is 0 Å². The van der Waals surface area contributed by atoms with Crippen molar-refractivity contribution in [1.29, 1.82) is 0 Å². The van der Waals surface area contributed by atoms with E-state index in [1.54, 1.807) is 4.68 Å². The van der Waals surface area contributed by atoms with Gasteiger partial charge < -0.3 is 5.11 Å². The summed E-state index contributed by atoms with van der Waals surface area (Å²) in [6.07, 6.45) is 19.6. The van der Waals surface area contributed by atoms with E-state index < -0.39 is 0 Å². The number of hydrogen-bond acceptors (Lipinski definition) is 5. The van der Waals surface area contributed by atoms with Gasteiger partial charge in [-0.15, -0.1) is 5.10 Å². The van der Waals surface area contributed by atoms with Gasteiger partial charge in [0.25, 0.3) is 0 Å². The van der Waals surface area contributed by atoms with Gasteiger partial charge in [0.05, 0.1) is 12.6 Å². The number of aliphatic hydroxyl groups is 1. The molecule has 0 aliphatic heterocycles. The highest BCUT2D eigenvalue weighted by molar-refractivity contribution is 7.99. The van der Waals surface area contributed by atoms with Gasteiger partial charge in [0.1, 0.15) is 5.82 Å². The summed E-state index contributed by atoms with van der Waals surface area (Å²) < 4.78 is 1.73. The standard InChI is InChI=1S/C21H42N4OS/c1-3-4-5-6-7-8-9-10-11-12-13-14-15-16-17-27-19-21(18-26)25-20(2)22-23-24-25/h21,26H,3-19H2,1-2H3. The van der Waals surface area contributed by atoms with Gasteiger partial charge in [-0.3, -0.25) is 0 Å². The van der Waals surface area contributed by atoms with Gasteiger partial charge in [0.15, 0.2) is 0 Å². The van der Waals surface area contributed by atoms with Crippen LogP contribution in [0.3, 0.4) is 0 Å². The fourth-order valence-corrected chi connectivity index (χ4v) is 4.49. The third-order valence-electron chi connectivity index (χ3n) is 5.17. The lowest BCUT2D eigenvalue weighted by Crippen LogP contribution is -2.19. The minimum Gasteiger partial charge on any atom is -0.394 e. The summed E-state index contributed by atoms with van der Waals surface area (Å²) in [5.41, 5.74) is 0. The van der Waals surface area contributed by atoms with E-state index in [1.807, 2.05) is 18.7 Å². The number of rotatable bonds is 19. The van der Waals surface area contributed by atoms with Crippen LogP contribution in [-0.2, 0) is 0 Å².